The maximum Gasteiger partial charge on any atom is 0.317 e. The van der Waals surface area contributed by atoms with Crippen molar-refractivity contribution < 1.29 is 19.0 Å². The monoisotopic (exact) mass is 385 g/mol. The van der Waals surface area contributed by atoms with E-state index in [4.69, 9.17) is 9.84 Å². The number of hydrogen-bond donors (Lipinski definition) is 2. The molecule has 0 aliphatic heterocycles. The summed E-state index contributed by atoms with van der Waals surface area (Å²) >= 11 is 0. The van der Waals surface area contributed by atoms with Crippen LogP contribution in [0.4, 0.5) is 4.39 Å². The average Bonchev–Trinajstić information content (AvgIpc) is 2.70. The van der Waals surface area contributed by atoms with Crippen molar-refractivity contribution in [3.05, 3.63) is 53.8 Å². The third-order valence-electron chi connectivity index (χ3n) is 5.51. The highest BCUT2D eigenvalue weighted by atomic mass is 19.1. The molecule has 0 radical (unpaired) electrons. The van der Waals surface area contributed by atoms with Crippen molar-refractivity contribution in [2.24, 2.45) is 5.92 Å². The minimum Gasteiger partial charge on any atom is -0.490 e. The number of ether oxygens (including phenoxy) is 1. The molecule has 2 aromatic rings. The molecular weight excluding hydrogens is 357 g/mol. The van der Waals surface area contributed by atoms with Crippen molar-refractivity contribution in [2.75, 3.05) is 6.54 Å². The van der Waals surface area contributed by atoms with Crippen LogP contribution >= 0.6 is 0 Å². The van der Waals surface area contributed by atoms with E-state index in [2.05, 4.69) is 12.2 Å². The van der Waals surface area contributed by atoms with Gasteiger partial charge in [-0.2, -0.15) is 0 Å². The van der Waals surface area contributed by atoms with Gasteiger partial charge >= 0.3 is 5.97 Å². The molecular formula is C23H28FNO3. The molecule has 4 nitrogen and oxygen atoms in total. The zero-order chi connectivity index (χ0) is 19.9. The summed E-state index contributed by atoms with van der Waals surface area (Å²) in [7, 11) is 0. The van der Waals surface area contributed by atoms with E-state index in [1.54, 1.807) is 18.2 Å². The van der Waals surface area contributed by atoms with Gasteiger partial charge in [0.1, 0.15) is 11.6 Å². The fourth-order valence-corrected chi connectivity index (χ4v) is 3.81. The number of benzene rings is 2. The Balaban J connectivity index is 1.64. The second-order valence-electron chi connectivity index (χ2n) is 7.47. The smallest absolute Gasteiger partial charge is 0.317 e. The minimum atomic E-state index is -0.963. The molecule has 0 bridgehead atoms. The predicted octanol–water partition coefficient (Wildman–Crippen LogP) is 5.01. The van der Waals surface area contributed by atoms with Crippen LogP contribution in [-0.4, -0.2) is 23.7 Å². The number of carboxylic acids is 1. The summed E-state index contributed by atoms with van der Waals surface area (Å²) in [6.45, 7) is 2.23. The van der Waals surface area contributed by atoms with Crippen molar-refractivity contribution in [1.29, 1.82) is 0 Å². The van der Waals surface area contributed by atoms with Gasteiger partial charge in [0.15, 0.2) is 0 Å². The minimum absolute atomic E-state index is 0.174. The number of carboxylic acid groups (broad SMARTS) is 1. The highest BCUT2D eigenvalue weighted by Gasteiger charge is 2.21. The summed E-state index contributed by atoms with van der Waals surface area (Å²) < 4.78 is 20.9. The molecule has 150 valence electrons. The van der Waals surface area contributed by atoms with Gasteiger partial charge < -0.3 is 15.2 Å². The molecule has 0 atom stereocenters. The van der Waals surface area contributed by atoms with Crippen LogP contribution in [0.15, 0.2) is 42.5 Å². The molecule has 5 heteroatoms. The van der Waals surface area contributed by atoms with Gasteiger partial charge in [0, 0.05) is 17.7 Å². The van der Waals surface area contributed by atoms with E-state index in [0.717, 1.165) is 30.1 Å². The van der Waals surface area contributed by atoms with Gasteiger partial charge in [-0.15, -0.1) is 0 Å². The standard InChI is InChI=1S/C23H28FNO3/c1-2-16-6-10-19(11-7-16)28-20-12-8-17(9-13-20)21-5-3-4-18(23(21)24)14-25-15-22(26)27/h3-5,8-9,12-13,16,19,25H,2,6-7,10-11,14-15H2,1H3,(H,26,27)/t16-,19+. The zero-order valence-corrected chi connectivity index (χ0v) is 16.3. The van der Waals surface area contributed by atoms with Crippen molar-refractivity contribution in [1.82, 2.24) is 5.32 Å². The van der Waals surface area contributed by atoms with E-state index in [-0.39, 0.29) is 25.0 Å². The predicted molar refractivity (Wildman–Crippen MR) is 108 cm³/mol. The van der Waals surface area contributed by atoms with Crippen molar-refractivity contribution in [3.63, 3.8) is 0 Å². The molecule has 0 unspecified atom stereocenters. The Morgan fingerprint density at radius 2 is 1.86 bits per heavy atom. The van der Waals surface area contributed by atoms with Gasteiger partial charge in [-0.25, -0.2) is 4.39 Å². The van der Waals surface area contributed by atoms with Crippen molar-refractivity contribution >= 4 is 5.97 Å². The molecule has 0 spiro atoms. The lowest BCUT2D eigenvalue weighted by atomic mass is 9.86. The molecule has 0 saturated heterocycles. The van der Waals surface area contributed by atoms with Gasteiger partial charge in [-0.1, -0.05) is 43.7 Å². The lowest BCUT2D eigenvalue weighted by Gasteiger charge is -2.28. The molecule has 1 aliphatic rings. The highest BCUT2D eigenvalue weighted by molar-refractivity contribution is 5.69. The third kappa shape index (κ3) is 5.32. The van der Waals surface area contributed by atoms with Crippen LogP contribution in [0.25, 0.3) is 11.1 Å². The highest BCUT2D eigenvalue weighted by Crippen LogP contribution is 2.31. The Morgan fingerprint density at radius 1 is 1.14 bits per heavy atom. The summed E-state index contributed by atoms with van der Waals surface area (Å²) in [5, 5.41) is 11.4. The summed E-state index contributed by atoms with van der Waals surface area (Å²) in [5.41, 5.74) is 1.73. The molecule has 3 rings (SSSR count). The van der Waals surface area contributed by atoms with E-state index in [1.165, 1.54) is 19.3 Å². The molecule has 0 aromatic heterocycles. The number of halogens is 1. The van der Waals surface area contributed by atoms with E-state index in [1.807, 2.05) is 24.3 Å². The van der Waals surface area contributed by atoms with E-state index in [9.17, 15) is 9.18 Å². The molecule has 28 heavy (non-hydrogen) atoms. The largest absolute Gasteiger partial charge is 0.490 e. The van der Waals surface area contributed by atoms with Crippen LogP contribution in [0.1, 0.15) is 44.6 Å². The Morgan fingerprint density at radius 3 is 2.50 bits per heavy atom. The van der Waals surface area contributed by atoms with Crippen molar-refractivity contribution in [2.45, 2.75) is 51.7 Å². The first-order chi connectivity index (χ1) is 13.6. The SMILES string of the molecule is CC[C@H]1CC[C@@H](Oc2ccc(-c3cccc(CNCC(=O)O)c3F)cc2)CC1. The first-order valence-corrected chi connectivity index (χ1v) is 10.0. The Hall–Kier alpha value is -2.40. The lowest BCUT2D eigenvalue weighted by molar-refractivity contribution is -0.136. The second-order valence-corrected chi connectivity index (χ2v) is 7.47. The topological polar surface area (TPSA) is 58.6 Å². The number of rotatable bonds is 8. The molecule has 1 aliphatic carbocycles. The first kappa shape index (κ1) is 20.3. The summed E-state index contributed by atoms with van der Waals surface area (Å²) in [5.74, 6) is 0.369. The van der Waals surface area contributed by atoms with E-state index >= 15 is 0 Å². The normalized spacial score (nSPS) is 19.4. The molecule has 2 aromatic carbocycles. The van der Waals surface area contributed by atoms with Gasteiger partial charge in [0.25, 0.3) is 0 Å². The van der Waals surface area contributed by atoms with Gasteiger partial charge in [-0.3, -0.25) is 4.79 Å². The van der Waals surface area contributed by atoms with Crippen LogP contribution in [0.3, 0.4) is 0 Å². The maximum atomic E-state index is 14.8. The van der Waals surface area contributed by atoms with Crippen LogP contribution in [0, 0.1) is 11.7 Å². The number of carbonyl (C=O) groups is 1. The number of aliphatic carboxylic acids is 1. The van der Waals surface area contributed by atoms with Crippen LogP contribution in [-0.2, 0) is 11.3 Å². The molecule has 0 heterocycles. The molecule has 1 saturated carbocycles. The third-order valence-corrected chi connectivity index (χ3v) is 5.51. The molecule has 2 N–H and O–H groups in total. The Kier molecular flexibility index (Phi) is 7.04. The summed E-state index contributed by atoms with van der Waals surface area (Å²) in [6.07, 6.45) is 6.17. The Labute approximate surface area is 165 Å². The fourth-order valence-electron chi connectivity index (χ4n) is 3.81. The molecule has 0 amide bonds. The van der Waals surface area contributed by atoms with Crippen LogP contribution in [0.5, 0.6) is 5.75 Å². The summed E-state index contributed by atoms with van der Waals surface area (Å²) in [6, 6.07) is 12.7. The second kappa shape index (κ2) is 9.69. The van der Waals surface area contributed by atoms with Crippen LogP contribution < -0.4 is 10.1 Å². The Bertz CT molecular complexity index is 783. The first-order valence-electron chi connectivity index (χ1n) is 10.0. The van der Waals surface area contributed by atoms with Gasteiger partial charge in [0.05, 0.1) is 12.6 Å². The molecule has 1 fully saturated rings. The fraction of sp³-hybridized carbons (Fsp3) is 0.435. The van der Waals surface area contributed by atoms with Crippen LogP contribution in [0.2, 0.25) is 0 Å². The number of hydrogen-bond acceptors (Lipinski definition) is 3. The average molecular weight is 385 g/mol. The lowest BCUT2D eigenvalue weighted by Crippen LogP contribution is -2.23. The quantitative estimate of drug-likeness (QED) is 0.670. The summed E-state index contributed by atoms with van der Waals surface area (Å²) in [4.78, 5) is 10.6. The maximum absolute atomic E-state index is 14.8. The van der Waals surface area contributed by atoms with E-state index < -0.39 is 5.97 Å². The van der Waals surface area contributed by atoms with Gasteiger partial charge in [0.2, 0.25) is 0 Å². The zero-order valence-electron chi connectivity index (χ0n) is 16.3. The van der Waals surface area contributed by atoms with Gasteiger partial charge in [-0.05, 0) is 49.3 Å². The number of nitrogens with one attached hydrogen (secondary N) is 1. The van der Waals surface area contributed by atoms with Crippen molar-refractivity contribution in [3.8, 4) is 16.9 Å². The van der Waals surface area contributed by atoms with E-state index in [0.29, 0.717) is 11.1 Å².